The first-order valence-corrected chi connectivity index (χ1v) is 9.50. The van der Waals surface area contributed by atoms with E-state index in [2.05, 4.69) is 10.2 Å². The summed E-state index contributed by atoms with van der Waals surface area (Å²) in [5, 5.41) is 21.6. The smallest absolute Gasteiger partial charge is 0.294 e. The second kappa shape index (κ2) is 6.46. The summed E-state index contributed by atoms with van der Waals surface area (Å²) in [6.07, 6.45) is 0. The number of phenolic OH excluding ortho intramolecular Hbond substituents is 1. The Bertz CT molecular complexity index is 1310. The van der Waals surface area contributed by atoms with Gasteiger partial charge in [-0.25, -0.2) is 0 Å². The summed E-state index contributed by atoms with van der Waals surface area (Å²) in [7, 11) is -4.28. The van der Waals surface area contributed by atoms with Crippen LogP contribution in [0, 0.1) is 0 Å². The molecule has 0 saturated carbocycles. The number of benzene rings is 4. The summed E-state index contributed by atoms with van der Waals surface area (Å²) in [4.78, 5) is -0.184. The highest BCUT2D eigenvalue weighted by Gasteiger charge is 2.10. The Labute approximate surface area is 155 Å². The molecule has 0 saturated heterocycles. The first-order chi connectivity index (χ1) is 12.9. The van der Waals surface area contributed by atoms with Crippen LogP contribution in [0.25, 0.3) is 21.5 Å². The lowest BCUT2D eigenvalue weighted by molar-refractivity contribution is 0.477. The van der Waals surface area contributed by atoms with Gasteiger partial charge in [0.2, 0.25) is 0 Å². The molecule has 0 aliphatic heterocycles. The Kier molecular flexibility index (Phi) is 4.10. The second-order valence-corrected chi connectivity index (χ2v) is 7.44. The quantitative estimate of drug-likeness (QED) is 0.370. The number of aromatic hydroxyl groups is 1. The van der Waals surface area contributed by atoms with E-state index in [0.717, 1.165) is 16.2 Å². The van der Waals surface area contributed by atoms with E-state index in [0.29, 0.717) is 16.8 Å². The summed E-state index contributed by atoms with van der Waals surface area (Å²) in [5.41, 5.74) is 0.849. The summed E-state index contributed by atoms with van der Waals surface area (Å²) < 4.78 is 31.8. The summed E-state index contributed by atoms with van der Waals surface area (Å²) in [6.45, 7) is 0. The molecule has 0 unspecified atom stereocenters. The van der Waals surface area contributed by atoms with E-state index in [4.69, 9.17) is 0 Å². The van der Waals surface area contributed by atoms with Crippen molar-refractivity contribution in [2.75, 3.05) is 0 Å². The van der Waals surface area contributed by atoms with Gasteiger partial charge < -0.3 is 5.11 Å². The van der Waals surface area contributed by atoms with Gasteiger partial charge in [-0.05, 0) is 46.5 Å². The molecular formula is C20H14N2O4S. The molecule has 0 spiro atoms. The Hall–Kier alpha value is -3.29. The highest BCUT2D eigenvalue weighted by Crippen LogP contribution is 2.36. The van der Waals surface area contributed by atoms with Crippen LogP contribution in [-0.2, 0) is 10.1 Å². The molecule has 0 atom stereocenters. The zero-order chi connectivity index (χ0) is 19.0. The van der Waals surface area contributed by atoms with Crippen molar-refractivity contribution in [2.24, 2.45) is 10.2 Å². The predicted octanol–water partition coefficient (Wildman–Crippen LogP) is 5.36. The molecule has 6 nitrogen and oxygen atoms in total. The van der Waals surface area contributed by atoms with Gasteiger partial charge in [0.25, 0.3) is 10.1 Å². The summed E-state index contributed by atoms with van der Waals surface area (Å²) in [6, 6.07) is 20.4. The number of hydrogen-bond donors (Lipinski definition) is 2. The van der Waals surface area contributed by atoms with Crippen LogP contribution in [0.5, 0.6) is 5.75 Å². The van der Waals surface area contributed by atoms with Gasteiger partial charge in [-0.2, -0.15) is 13.5 Å². The number of fused-ring (bicyclic) bond motifs is 2. The van der Waals surface area contributed by atoms with Crippen molar-refractivity contribution >= 4 is 43.0 Å². The molecule has 0 amide bonds. The summed E-state index contributed by atoms with van der Waals surface area (Å²) in [5.74, 6) is 0.0203. The monoisotopic (exact) mass is 378 g/mol. The molecule has 0 aliphatic carbocycles. The molecule has 4 rings (SSSR count). The minimum atomic E-state index is -4.28. The van der Waals surface area contributed by atoms with E-state index in [1.807, 2.05) is 24.3 Å². The molecule has 2 N–H and O–H groups in total. The fourth-order valence-electron chi connectivity index (χ4n) is 2.89. The Morgan fingerprint density at radius 2 is 1.48 bits per heavy atom. The number of azo groups is 1. The van der Waals surface area contributed by atoms with Crippen LogP contribution in [-0.4, -0.2) is 18.1 Å². The molecule has 0 bridgehead atoms. The molecule has 0 radical (unpaired) electrons. The van der Waals surface area contributed by atoms with Crippen LogP contribution in [0.15, 0.2) is 87.9 Å². The molecule has 0 heterocycles. The fraction of sp³-hybridized carbons (Fsp3) is 0. The third-order valence-corrected chi connectivity index (χ3v) is 5.09. The van der Waals surface area contributed by atoms with Crippen LogP contribution in [0.1, 0.15) is 0 Å². The Balaban J connectivity index is 1.79. The fourth-order valence-corrected chi connectivity index (χ4v) is 3.41. The minimum Gasteiger partial charge on any atom is -0.506 e. The van der Waals surface area contributed by atoms with Crippen molar-refractivity contribution in [3.8, 4) is 5.75 Å². The number of rotatable bonds is 3. The molecule has 4 aromatic rings. The number of hydrogen-bond acceptors (Lipinski definition) is 5. The second-order valence-electron chi connectivity index (χ2n) is 6.02. The Morgan fingerprint density at radius 1 is 0.741 bits per heavy atom. The van der Waals surface area contributed by atoms with Gasteiger partial charge in [-0.3, -0.25) is 4.55 Å². The maximum absolute atomic E-state index is 11.3. The van der Waals surface area contributed by atoms with Gasteiger partial charge in [0.05, 0.1) is 10.6 Å². The normalized spacial score (nSPS) is 12.2. The van der Waals surface area contributed by atoms with Crippen molar-refractivity contribution in [3.63, 3.8) is 0 Å². The topological polar surface area (TPSA) is 99.3 Å². The van der Waals surface area contributed by atoms with Crippen molar-refractivity contribution in [3.05, 3.63) is 72.8 Å². The average Bonchev–Trinajstić information content (AvgIpc) is 2.66. The van der Waals surface area contributed by atoms with Crippen molar-refractivity contribution in [1.82, 2.24) is 0 Å². The van der Waals surface area contributed by atoms with Gasteiger partial charge >= 0.3 is 0 Å². The zero-order valence-corrected chi connectivity index (χ0v) is 14.8. The van der Waals surface area contributed by atoms with Crippen molar-refractivity contribution in [2.45, 2.75) is 4.90 Å². The van der Waals surface area contributed by atoms with Gasteiger partial charge in [-0.15, -0.1) is 5.11 Å². The predicted molar refractivity (Wildman–Crippen MR) is 104 cm³/mol. The highest BCUT2D eigenvalue weighted by molar-refractivity contribution is 7.85. The molecule has 0 aromatic heterocycles. The van der Waals surface area contributed by atoms with E-state index in [-0.39, 0.29) is 10.6 Å². The van der Waals surface area contributed by atoms with Crippen molar-refractivity contribution in [1.29, 1.82) is 0 Å². The standard InChI is InChI=1S/C20H14N2O4S/c23-19-10-7-14-3-1-2-4-18(14)20(19)22-21-16-8-5-13-6-9-17(27(24,25)26)12-15(13)11-16/h1-12,23H,(H,24,25,26). The largest absolute Gasteiger partial charge is 0.506 e. The van der Waals surface area contributed by atoms with Crippen LogP contribution >= 0.6 is 0 Å². The third kappa shape index (κ3) is 3.38. The molecule has 0 fully saturated rings. The molecular weight excluding hydrogens is 364 g/mol. The number of nitrogens with zero attached hydrogens (tertiary/aromatic N) is 2. The highest BCUT2D eigenvalue weighted by atomic mass is 32.2. The first kappa shape index (κ1) is 17.1. The average molecular weight is 378 g/mol. The summed E-state index contributed by atoms with van der Waals surface area (Å²) >= 11 is 0. The third-order valence-electron chi connectivity index (χ3n) is 4.24. The lowest BCUT2D eigenvalue weighted by Gasteiger charge is -2.04. The van der Waals surface area contributed by atoms with E-state index < -0.39 is 10.1 Å². The van der Waals surface area contributed by atoms with E-state index in [9.17, 15) is 18.1 Å². The lowest BCUT2D eigenvalue weighted by atomic mass is 10.1. The van der Waals surface area contributed by atoms with Crippen LogP contribution in [0.3, 0.4) is 0 Å². The van der Waals surface area contributed by atoms with E-state index >= 15 is 0 Å². The van der Waals surface area contributed by atoms with E-state index in [1.165, 1.54) is 12.1 Å². The van der Waals surface area contributed by atoms with Crippen LogP contribution < -0.4 is 0 Å². The molecule has 7 heteroatoms. The maximum Gasteiger partial charge on any atom is 0.294 e. The van der Waals surface area contributed by atoms with Gasteiger partial charge in [0.1, 0.15) is 11.4 Å². The lowest BCUT2D eigenvalue weighted by Crippen LogP contribution is -1.97. The maximum atomic E-state index is 11.3. The molecule has 134 valence electrons. The SMILES string of the molecule is O=S(=O)(O)c1ccc2ccc(N=Nc3c(O)ccc4ccccc34)cc2c1. The molecule has 27 heavy (non-hydrogen) atoms. The molecule has 4 aromatic carbocycles. The van der Waals surface area contributed by atoms with E-state index in [1.54, 1.807) is 36.4 Å². The minimum absolute atomic E-state index is 0.0203. The van der Waals surface area contributed by atoms with Crippen LogP contribution in [0.2, 0.25) is 0 Å². The number of phenols is 1. The van der Waals surface area contributed by atoms with Gasteiger partial charge in [0, 0.05) is 5.39 Å². The zero-order valence-electron chi connectivity index (χ0n) is 13.9. The van der Waals surface area contributed by atoms with Gasteiger partial charge in [-0.1, -0.05) is 42.5 Å². The molecule has 0 aliphatic rings. The van der Waals surface area contributed by atoms with Crippen molar-refractivity contribution < 1.29 is 18.1 Å². The van der Waals surface area contributed by atoms with Gasteiger partial charge in [0.15, 0.2) is 0 Å². The van der Waals surface area contributed by atoms with Crippen LogP contribution in [0.4, 0.5) is 11.4 Å². The first-order valence-electron chi connectivity index (χ1n) is 8.05. The Morgan fingerprint density at radius 3 is 2.30 bits per heavy atom.